The summed E-state index contributed by atoms with van der Waals surface area (Å²) < 4.78 is 31.7. The number of aliphatic hydroxyl groups excluding tert-OH is 1. The van der Waals surface area contributed by atoms with Gasteiger partial charge in [0.15, 0.2) is 0 Å². The van der Waals surface area contributed by atoms with Crippen molar-refractivity contribution >= 4 is 27.6 Å². The van der Waals surface area contributed by atoms with Gasteiger partial charge in [-0.1, -0.05) is 11.6 Å². The van der Waals surface area contributed by atoms with Crippen LogP contribution in [-0.2, 0) is 14.8 Å². The largest absolute Gasteiger partial charge is 0.492 e. The molecule has 1 saturated heterocycles. The lowest BCUT2D eigenvalue weighted by Gasteiger charge is -2.33. The van der Waals surface area contributed by atoms with E-state index in [0.717, 1.165) is 4.31 Å². The molecule has 1 aromatic carbocycles. The van der Waals surface area contributed by atoms with Gasteiger partial charge in [-0.2, -0.15) is 4.31 Å². The molecule has 0 aliphatic carbocycles. The van der Waals surface area contributed by atoms with E-state index in [0.29, 0.717) is 11.6 Å². The van der Waals surface area contributed by atoms with Crippen LogP contribution >= 0.6 is 11.6 Å². The third-order valence-corrected chi connectivity index (χ3v) is 5.88. The number of piperidine rings is 1. The molecule has 0 amide bonds. The third-order valence-electron chi connectivity index (χ3n) is 3.70. The van der Waals surface area contributed by atoms with Crippen molar-refractivity contribution in [3.8, 4) is 5.75 Å². The van der Waals surface area contributed by atoms with Crippen molar-refractivity contribution in [3.63, 3.8) is 0 Å². The Hall–Kier alpha value is -1.35. The maximum Gasteiger partial charge on any atom is 0.309 e. The lowest BCUT2D eigenvalue weighted by atomic mass is 9.95. The Morgan fingerprint density at radius 3 is 2.74 bits per heavy atom. The molecule has 0 saturated carbocycles. The molecule has 2 atom stereocenters. The Bertz CT molecular complexity index is 693. The molecule has 1 aliphatic rings. The van der Waals surface area contributed by atoms with Gasteiger partial charge >= 0.3 is 5.97 Å². The van der Waals surface area contributed by atoms with E-state index in [1.807, 2.05) is 0 Å². The fourth-order valence-corrected chi connectivity index (χ4v) is 4.13. The average Bonchev–Trinajstić information content (AvgIpc) is 2.49. The van der Waals surface area contributed by atoms with Crippen molar-refractivity contribution < 1.29 is 28.2 Å². The lowest BCUT2D eigenvalue weighted by Crippen LogP contribution is -2.48. The Morgan fingerprint density at radius 1 is 1.48 bits per heavy atom. The highest BCUT2D eigenvalue weighted by Gasteiger charge is 2.38. The highest BCUT2D eigenvalue weighted by atomic mass is 35.5. The van der Waals surface area contributed by atoms with Crippen LogP contribution in [0.25, 0.3) is 0 Å². The Labute approximate surface area is 139 Å². The number of carboxylic acid groups (broad SMARTS) is 1. The molecule has 7 nitrogen and oxygen atoms in total. The van der Waals surface area contributed by atoms with Gasteiger partial charge in [0.1, 0.15) is 5.75 Å². The maximum atomic E-state index is 12.6. The molecule has 128 valence electrons. The number of halogens is 1. The minimum Gasteiger partial charge on any atom is -0.492 e. The zero-order chi connectivity index (χ0) is 17.2. The predicted molar refractivity (Wildman–Crippen MR) is 83.1 cm³/mol. The van der Waals surface area contributed by atoms with Crippen molar-refractivity contribution in [3.05, 3.63) is 23.2 Å². The molecule has 2 rings (SSSR count). The van der Waals surface area contributed by atoms with E-state index >= 15 is 0 Å². The fraction of sp³-hybridized carbons (Fsp3) is 0.500. The van der Waals surface area contributed by atoms with Gasteiger partial charge in [-0.25, -0.2) is 8.42 Å². The Morgan fingerprint density at radius 2 is 2.17 bits per heavy atom. The summed E-state index contributed by atoms with van der Waals surface area (Å²) in [6.45, 7) is 1.87. The van der Waals surface area contributed by atoms with Crippen molar-refractivity contribution in [1.29, 1.82) is 0 Å². The number of nitrogens with zero attached hydrogens (tertiary/aromatic N) is 1. The number of hydrogen-bond donors (Lipinski definition) is 2. The normalized spacial score (nSPS) is 22.7. The summed E-state index contributed by atoms with van der Waals surface area (Å²) in [6.07, 6.45) is -1.18. The molecule has 0 bridgehead atoms. The van der Waals surface area contributed by atoms with Crippen LogP contribution in [0.4, 0.5) is 0 Å². The second kappa shape index (κ2) is 7.04. The smallest absolute Gasteiger partial charge is 0.309 e. The Kier molecular flexibility index (Phi) is 5.51. The second-order valence-electron chi connectivity index (χ2n) is 5.19. The average molecular weight is 364 g/mol. The van der Waals surface area contributed by atoms with Crippen LogP contribution in [0.5, 0.6) is 5.75 Å². The van der Waals surface area contributed by atoms with E-state index in [-0.39, 0.29) is 30.2 Å². The van der Waals surface area contributed by atoms with Gasteiger partial charge in [-0.05, 0) is 25.5 Å². The monoisotopic (exact) mass is 363 g/mol. The minimum absolute atomic E-state index is 0.00803. The van der Waals surface area contributed by atoms with Gasteiger partial charge < -0.3 is 14.9 Å². The number of hydrogen-bond acceptors (Lipinski definition) is 5. The standard InChI is InChI=1S/C14H18ClNO6S/c1-2-22-13-7-9(3-4-11(13)15)23(20,21)16-6-5-10(14(18)19)12(17)8-16/h3-4,7,10,12,17H,2,5-6,8H2,1H3,(H,18,19)/t10-,12+/m0/s1. The van der Waals surface area contributed by atoms with Gasteiger partial charge in [-0.15, -0.1) is 0 Å². The highest BCUT2D eigenvalue weighted by Crippen LogP contribution is 2.30. The number of carboxylic acids is 1. The van der Waals surface area contributed by atoms with Gasteiger partial charge in [0, 0.05) is 19.2 Å². The van der Waals surface area contributed by atoms with Crippen molar-refractivity contribution in [2.24, 2.45) is 5.92 Å². The van der Waals surface area contributed by atoms with Crippen molar-refractivity contribution in [2.45, 2.75) is 24.3 Å². The fourth-order valence-electron chi connectivity index (χ4n) is 2.47. The first-order valence-corrected chi connectivity index (χ1v) is 8.92. The van der Waals surface area contributed by atoms with Crippen LogP contribution in [0.15, 0.2) is 23.1 Å². The lowest BCUT2D eigenvalue weighted by molar-refractivity contribution is -0.147. The summed E-state index contributed by atoms with van der Waals surface area (Å²) in [5, 5.41) is 19.2. The van der Waals surface area contributed by atoms with Crippen LogP contribution in [0.1, 0.15) is 13.3 Å². The molecule has 9 heteroatoms. The molecule has 1 aromatic rings. The van der Waals surface area contributed by atoms with Crippen LogP contribution in [0, 0.1) is 5.92 Å². The summed E-state index contributed by atoms with van der Waals surface area (Å²) >= 11 is 5.95. The number of β-amino-alcohol motifs (C(OH)–C–C–N with tert-alkyl or cyclic N) is 1. The maximum absolute atomic E-state index is 12.6. The minimum atomic E-state index is -3.86. The summed E-state index contributed by atoms with van der Waals surface area (Å²) in [6, 6.07) is 4.12. The number of aliphatic hydroxyl groups is 1. The zero-order valence-electron chi connectivity index (χ0n) is 12.5. The second-order valence-corrected chi connectivity index (χ2v) is 7.53. The number of benzene rings is 1. The molecule has 0 unspecified atom stereocenters. The van der Waals surface area contributed by atoms with Crippen LogP contribution in [-0.4, -0.2) is 54.7 Å². The molecule has 23 heavy (non-hydrogen) atoms. The van der Waals surface area contributed by atoms with Crippen LogP contribution in [0.2, 0.25) is 5.02 Å². The highest BCUT2D eigenvalue weighted by molar-refractivity contribution is 7.89. The molecule has 0 aromatic heterocycles. The molecular formula is C14H18ClNO6S. The summed E-state index contributed by atoms with van der Waals surface area (Å²) in [5.74, 6) is -1.82. The first kappa shape index (κ1) is 18.0. The van der Waals surface area contributed by atoms with Gasteiger partial charge in [0.25, 0.3) is 0 Å². The van der Waals surface area contributed by atoms with E-state index in [1.165, 1.54) is 18.2 Å². The number of ether oxygens (including phenoxy) is 1. The van der Waals surface area contributed by atoms with Crippen LogP contribution < -0.4 is 4.74 Å². The molecule has 1 aliphatic heterocycles. The number of aliphatic carboxylic acids is 1. The number of rotatable bonds is 5. The SMILES string of the molecule is CCOc1cc(S(=O)(=O)N2CC[C@H](C(=O)O)[C@H](O)C2)ccc1Cl. The molecule has 0 radical (unpaired) electrons. The Balaban J connectivity index is 2.26. The topological polar surface area (TPSA) is 104 Å². The first-order chi connectivity index (χ1) is 10.8. The summed E-state index contributed by atoms with van der Waals surface area (Å²) in [4.78, 5) is 11.0. The van der Waals surface area contributed by atoms with Crippen LogP contribution in [0.3, 0.4) is 0 Å². The molecular weight excluding hydrogens is 346 g/mol. The quantitative estimate of drug-likeness (QED) is 0.814. The van der Waals surface area contributed by atoms with Gasteiger partial charge in [-0.3, -0.25) is 4.79 Å². The van der Waals surface area contributed by atoms with E-state index in [1.54, 1.807) is 6.92 Å². The predicted octanol–water partition coefficient (Wildman–Crippen LogP) is 1.19. The van der Waals surface area contributed by atoms with E-state index in [4.69, 9.17) is 21.4 Å². The number of sulfonamides is 1. The number of carbonyl (C=O) groups is 1. The summed E-state index contributed by atoms with van der Waals surface area (Å²) in [5.41, 5.74) is 0. The summed E-state index contributed by atoms with van der Waals surface area (Å²) in [7, 11) is -3.86. The van der Waals surface area contributed by atoms with E-state index < -0.39 is 28.0 Å². The first-order valence-electron chi connectivity index (χ1n) is 7.10. The molecule has 0 spiro atoms. The van der Waals surface area contributed by atoms with Crippen molar-refractivity contribution in [2.75, 3.05) is 19.7 Å². The molecule has 2 N–H and O–H groups in total. The third kappa shape index (κ3) is 3.77. The van der Waals surface area contributed by atoms with Gasteiger partial charge in [0.2, 0.25) is 10.0 Å². The molecule has 1 heterocycles. The van der Waals surface area contributed by atoms with Crippen molar-refractivity contribution in [1.82, 2.24) is 4.31 Å². The van der Waals surface area contributed by atoms with E-state index in [9.17, 15) is 18.3 Å². The zero-order valence-corrected chi connectivity index (χ0v) is 14.0. The van der Waals surface area contributed by atoms with Gasteiger partial charge in [0.05, 0.1) is 28.5 Å². The molecule has 1 fully saturated rings. The van der Waals surface area contributed by atoms with E-state index in [2.05, 4.69) is 0 Å².